The van der Waals surface area contributed by atoms with E-state index in [9.17, 15) is 4.79 Å². The molecule has 1 atom stereocenters. The molecule has 0 aliphatic carbocycles. The van der Waals surface area contributed by atoms with Gasteiger partial charge in [0.1, 0.15) is 0 Å². The average Bonchev–Trinajstić information content (AvgIpc) is 3.06. The van der Waals surface area contributed by atoms with Gasteiger partial charge in [0.2, 0.25) is 0 Å². The number of ether oxygens (including phenoxy) is 2. The summed E-state index contributed by atoms with van der Waals surface area (Å²) in [5.41, 5.74) is 4.36. The molecule has 2 aromatic rings. The second kappa shape index (κ2) is 10.4. The van der Waals surface area contributed by atoms with Crippen molar-refractivity contribution in [2.75, 3.05) is 64.0 Å². The predicted molar refractivity (Wildman–Crippen MR) is 132 cm³/mol. The zero-order valence-electron chi connectivity index (χ0n) is 19.9. The fourth-order valence-electron chi connectivity index (χ4n) is 3.80. The minimum atomic E-state index is -0.126. The maximum Gasteiger partial charge on any atom is 0.256 e. The molecule has 1 aliphatic heterocycles. The van der Waals surface area contributed by atoms with Crippen LogP contribution in [0.4, 0.5) is 17.1 Å². The number of carbonyl (C=O) groups excluding carboxylic acids is 1. The first kappa shape index (κ1) is 23.5. The first-order chi connectivity index (χ1) is 15.3. The molecule has 172 valence electrons. The number of nitrogens with zero attached hydrogens (tertiary/aromatic N) is 2. The zero-order valence-corrected chi connectivity index (χ0v) is 19.9. The number of nitrogens with one attached hydrogen (secondary N) is 2. The third kappa shape index (κ3) is 5.53. The van der Waals surface area contributed by atoms with Crippen molar-refractivity contribution in [1.29, 1.82) is 0 Å². The maximum absolute atomic E-state index is 12.6. The third-order valence-corrected chi connectivity index (χ3v) is 5.52. The van der Waals surface area contributed by atoms with Gasteiger partial charge in [0.15, 0.2) is 11.5 Å². The van der Waals surface area contributed by atoms with E-state index >= 15 is 0 Å². The van der Waals surface area contributed by atoms with Crippen LogP contribution in [0.1, 0.15) is 18.9 Å². The molecule has 0 spiro atoms. The van der Waals surface area contributed by atoms with E-state index in [-0.39, 0.29) is 11.9 Å². The smallest absolute Gasteiger partial charge is 0.256 e. The summed E-state index contributed by atoms with van der Waals surface area (Å²) in [6, 6.07) is 12.0. The van der Waals surface area contributed by atoms with Crippen LogP contribution in [0.2, 0.25) is 0 Å². The Hall–Kier alpha value is -3.19. The fourth-order valence-corrected chi connectivity index (χ4v) is 3.80. The Balaban J connectivity index is 1.68. The number of methoxy groups -OCH3 is 2. The van der Waals surface area contributed by atoms with Crippen LogP contribution < -0.4 is 25.0 Å². The standard InChI is InChI=1S/C25H34N4O3/c1-17(26-18-8-10-19(11-9-18)29(4)13-7-12-28(2)3)14-21-20-15-23(31-5)24(32-6)16-22(20)27-25(21)30/h8-11,14-17,26H,7,12-13H2,1-6H3,(H,27,30). The van der Waals surface area contributed by atoms with Crippen LogP contribution in [0, 0.1) is 0 Å². The van der Waals surface area contributed by atoms with Crippen LogP contribution >= 0.6 is 0 Å². The fraction of sp³-hybridized carbons (Fsp3) is 0.400. The number of rotatable bonds is 10. The molecule has 0 saturated carbocycles. The van der Waals surface area contributed by atoms with Crippen molar-refractivity contribution in [3.63, 3.8) is 0 Å². The quantitative estimate of drug-likeness (QED) is 0.548. The minimum Gasteiger partial charge on any atom is -0.493 e. The van der Waals surface area contributed by atoms with Crippen molar-refractivity contribution >= 4 is 28.5 Å². The van der Waals surface area contributed by atoms with Crippen molar-refractivity contribution in [1.82, 2.24) is 4.90 Å². The molecule has 0 aromatic heterocycles. The van der Waals surface area contributed by atoms with Crippen LogP contribution in [0.5, 0.6) is 11.5 Å². The van der Waals surface area contributed by atoms with Crippen LogP contribution in [0.25, 0.3) is 5.57 Å². The van der Waals surface area contributed by atoms with Crippen molar-refractivity contribution in [2.45, 2.75) is 19.4 Å². The summed E-state index contributed by atoms with van der Waals surface area (Å²) >= 11 is 0. The molecule has 1 heterocycles. The van der Waals surface area contributed by atoms with E-state index in [4.69, 9.17) is 9.47 Å². The molecular weight excluding hydrogens is 404 g/mol. The Labute approximate surface area is 191 Å². The van der Waals surface area contributed by atoms with Gasteiger partial charge in [-0.2, -0.15) is 0 Å². The van der Waals surface area contributed by atoms with E-state index in [1.165, 1.54) is 5.69 Å². The molecule has 2 N–H and O–H groups in total. The molecule has 7 nitrogen and oxygen atoms in total. The van der Waals surface area contributed by atoms with Crippen molar-refractivity contribution in [3.05, 3.63) is 48.0 Å². The van der Waals surface area contributed by atoms with E-state index in [0.29, 0.717) is 17.1 Å². The molecular formula is C25H34N4O3. The summed E-state index contributed by atoms with van der Waals surface area (Å²) < 4.78 is 10.7. The van der Waals surface area contributed by atoms with Crippen molar-refractivity contribution < 1.29 is 14.3 Å². The molecule has 0 radical (unpaired) electrons. The first-order valence-electron chi connectivity index (χ1n) is 10.8. The molecule has 0 fully saturated rings. The van der Waals surface area contributed by atoms with E-state index < -0.39 is 0 Å². The number of hydrogen-bond donors (Lipinski definition) is 2. The van der Waals surface area contributed by atoms with Gasteiger partial charge < -0.3 is 29.9 Å². The Kier molecular flexibility index (Phi) is 7.64. The maximum atomic E-state index is 12.6. The third-order valence-electron chi connectivity index (χ3n) is 5.52. The second-order valence-corrected chi connectivity index (χ2v) is 8.35. The summed E-state index contributed by atoms with van der Waals surface area (Å²) in [5.74, 6) is 1.06. The van der Waals surface area contributed by atoms with Gasteiger partial charge in [-0.3, -0.25) is 4.79 Å². The molecule has 1 unspecified atom stereocenters. The lowest BCUT2D eigenvalue weighted by atomic mass is 10.0. The molecule has 0 bridgehead atoms. The number of amides is 1. The van der Waals surface area contributed by atoms with E-state index in [1.54, 1.807) is 20.3 Å². The Morgan fingerprint density at radius 3 is 2.31 bits per heavy atom. The monoisotopic (exact) mass is 438 g/mol. The average molecular weight is 439 g/mol. The molecule has 3 rings (SSSR count). The normalized spacial score (nSPS) is 14.8. The topological polar surface area (TPSA) is 66.1 Å². The highest BCUT2D eigenvalue weighted by atomic mass is 16.5. The highest BCUT2D eigenvalue weighted by Crippen LogP contribution is 2.40. The predicted octanol–water partition coefficient (Wildman–Crippen LogP) is 3.93. The number of carbonyl (C=O) groups is 1. The number of fused-ring (bicyclic) bond motifs is 1. The van der Waals surface area contributed by atoms with E-state index in [0.717, 1.165) is 36.4 Å². The van der Waals surface area contributed by atoms with E-state index in [1.807, 2.05) is 19.1 Å². The highest BCUT2D eigenvalue weighted by molar-refractivity contribution is 6.31. The lowest BCUT2D eigenvalue weighted by molar-refractivity contribution is -0.110. The highest BCUT2D eigenvalue weighted by Gasteiger charge is 2.27. The van der Waals surface area contributed by atoms with Gasteiger partial charge >= 0.3 is 0 Å². The van der Waals surface area contributed by atoms with Crippen LogP contribution in [0.15, 0.2) is 42.5 Å². The summed E-state index contributed by atoms with van der Waals surface area (Å²) in [6.45, 7) is 4.11. The molecule has 32 heavy (non-hydrogen) atoms. The Morgan fingerprint density at radius 2 is 1.69 bits per heavy atom. The van der Waals surface area contributed by atoms with Gasteiger partial charge in [-0.05, 0) is 70.4 Å². The van der Waals surface area contributed by atoms with Crippen LogP contribution in [-0.2, 0) is 4.79 Å². The molecule has 1 amide bonds. The van der Waals surface area contributed by atoms with Gasteiger partial charge in [-0.1, -0.05) is 0 Å². The SMILES string of the molecule is COc1cc2c(cc1OC)C(=CC(C)Nc1ccc(N(C)CCCN(C)C)cc1)C(=O)N2. The molecule has 0 saturated heterocycles. The lowest BCUT2D eigenvalue weighted by Crippen LogP contribution is -2.23. The molecule has 2 aromatic carbocycles. The van der Waals surface area contributed by atoms with E-state index in [2.05, 4.69) is 65.8 Å². The summed E-state index contributed by atoms with van der Waals surface area (Å²) in [4.78, 5) is 17.0. The number of benzene rings is 2. The molecule has 7 heteroatoms. The van der Waals surface area contributed by atoms with Crippen LogP contribution in [0.3, 0.4) is 0 Å². The molecule has 1 aliphatic rings. The summed E-state index contributed by atoms with van der Waals surface area (Å²) in [7, 11) is 9.47. The van der Waals surface area contributed by atoms with Crippen molar-refractivity contribution in [3.8, 4) is 11.5 Å². The Bertz CT molecular complexity index is 970. The minimum absolute atomic E-state index is 0.0431. The van der Waals surface area contributed by atoms with Gasteiger partial charge in [0.05, 0.1) is 19.9 Å². The van der Waals surface area contributed by atoms with Gasteiger partial charge in [0, 0.05) is 48.2 Å². The number of anilines is 3. The Morgan fingerprint density at radius 1 is 1.03 bits per heavy atom. The van der Waals surface area contributed by atoms with Crippen molar-refractivity contribution in [2.24, 2.45) is 0 Å². The summed E-state index contributed by atoms with van der Waals surface area (Å²) in [6.07, 6.45) is 3.06. The van der Waals surface area contributed by atoms with Gasteiger partial charge in [-0.15, -0.1) is 0 Å². The summed E-state index contributed by atoms with van der Waals surface area (Å²) in [5, 5.41) is 6.37. The zero-order chi connectivity index (χ0) is 23.3. The van der Waals surface area contributed by atoms with Gasteiger partial charge in [-0.25, -0.2) is 0 Å². The second-order valence-electron chi connectivity index (χ2n) is 8.35. The number of hydrogen-bond acceptors (Lipinski definition) is 6. The first-order valence-corrected chi connectivity index (χ1v) is 10.8. The largest absolute Gasteiger partial charge is 0.493 e. The van der Waals surface area contributed by atoms with Gasteiger partial charge in [0.25, 0.3) is 5.91 Å². The van der Waals surface area contributed by atoms with Crippen LogP contribution in [-0.4, -0.2) is 65.3 Å². The lowest BCUT2D eigenvalue weighted by Gasteiger charge is -2.21.